The van der Waals surface area contributed by atoms with Crippen LogP contribution in [0.5, 0.6) is 0 Å². The summed E-state index contributed by atoms with van der Waals surface area (Å²) in [7, 11) is 0. The summed E-state index contributed by atoms with van der Waals surface area (Å²) >= 11 is 0. The quantitative estimate of drug-likeness (QED) is 0.607. The first kappa shape index (κ1) is 19.7. The van der Waals surface area contributed by atoms with E-state index in [0.29, 0.717) is 17.3 Å². The van der Waals surface area contributed by atoms with Crippen LogP contribution in [0.3, 0.4) is 0 Å². The third-order valence-corrected chi connectivity index (χ3v) is 6.71. The number of Topliss-reactive ketones (excluding diaryl/α,β-unsaturated/α-hetero) is 1. The molecule has 1 saturated carbocycles. The SMILES string of the molecule is C/C(N)=N/C(=C\C1CCCC1)N1CCC2C(C)(C)C(=O)C(C#N)=C[C@@]2(C)C1. The first-order valence-electron chi connectivity index (χ1n) is 10.1. The highest BCUT2D eigenvalue weighted by Gasteiger charge is 2.53. The molecule has 1 heterocycles. The van der Waals surface area contributed by atoms with E-state index >= 15 is 0 Å². The molecule has 0 radical (unpaired) electrons. The zero-order chi connectivity index (χ0) is 19.8. The second-order valence-corrected chi connectivity index (χ2v) is 9.31. The lowest BCUT2D eigenvalue weighted by Crippen LogP contribution is -2.55. The smallest absolute Gasteiger partial charge is 0.178 e. The van der Waals surface area contributed by atoms with Crippen LogP contribution in [0.15, 0.2) is 28.5 Å². The lowest BCUT2D eigenvalue weighted by molar-refractivity contribution is -0.131. The molecule has 1 unspecified atom stereocenters. The normalized spacial score (nSPS) is 32.1. The Hall–Kier alpha value is -2.09. The summed E-state index contributed by atoms with van der Waals surface area (Å²) < 4.78 is 0. The van der Waals surface area contributed by atoms with E-state index in [1.807, 2.05) is 26.8 Å². The van der Waals surface area contributed by atoms with Crippen LogP contribution >= 0.6 is 0 Å². The van der Waals surface area contributed by atoms with Gasteiger partial charge in [-0.25, -0.2) is 4.99 Å². The number of allylic oxidation sites excluding steroid dienone is 2. The fraction of sp³-hybridized carbons (Fsp3) is 0.682. The van der Waals surface area contributed by atoms with Gasteiger partial charge in [0.15, 0.2) is 5.78 Å². The second kappa shape index (κ2) is 7.14. The van der Waals surface area contributed by atoms with E-state index < -0.39 is 5.41 Å². The van der Waals surface area contributed by atoms with Crippen molar-refractivity contribution < 1.29 is 4.79 Å². The molecule has 27 heavy (non-hydrogen) atoms. The molecule has 3 rings (SSSR count). The van der Waals surface area contributed by atoms with E-state index in [9.17, 15) is 10.1 Å². The van der Waals surface area contributed by atoms with Crippen LogP contribution in [0.1, 0.15) is 59.8 Å². The summed E-state index contributed by atoms with van der Waals surface area (Å²) in [6.07, 6.45) is 10.1. The highest BCUT2D eigenvalue weighted by Crippen LogP contribution is 2.52. The molecule has 2 aliphatic carbocycles. The zero-order valence-electron chi connectivity index (χ0n) is 17.1. The van der Waals surface area contributed by atoms with Crippen LogP contribution in [0.25, 0.3) is 0 Å². The summed E-state index contributed by atoms with van der Waals surface area (Å²) in [5.41, 5.74) is 5.49. The second-order valence-electron chi connectivity index (χ2n) is 9.31. The van der Waals surface area contributed by atoms with Crippen molar-refractivity contribution in [2.45, 2.75) is 59.8 Å². The van der Waals surface area contributed by atoms with Gasteiger partial charge in [0.25, 0.3) is 0 Å². The molecule has 5 heteroatoms. The van der Waals surface area contributed by atoms with Gasteiger partial charge in [-0.15, -0.1) is 0 Å². The molecule has 0 amide bonds. The van der Waals surface area contributed by atoms with Crippen LogP contribution in [-0.4, -0.2) is 29.6 Å². The minimum absolute atomic E-state index is 0.0153. The Morgan fingerprint density at radius 2 is 2.00 bits per heavy atom. The Morgan fingerprint density at radius 1 is 1.33 bits per heavy atom. The molecule has 2 atom stereocenters. The Balaban J connectivity index is 1.94. The average molecular weight is 369 g/mol. The first-order valence-corrected chi connectivity index (χ1v) is 10.1. The Labute approximate surface area is 163 Å². The third kappa shape index (κ3) is 3.67. The number of hydrogen-bond donors (Lipinski definition) is 1. The molecule has 146 valence electrons. The minimum Gasteiger partial charge on any atom is -0.387 e. The van der Waals surface area contributed by atoms with Crippen LogP contribution < -0.4 is 5.73 Å². The van der Waals surface area contributed by atoms with Gasteiger partial charge < -0.3 is 10.6 Å². The van der Waals surface area contributed by atoms with Crippen molar-refractivity contribution in [3.05, 3.63) is 23.5 Å². The number of nitrogens with two attached hydrogens (primary N) is 1. The van der Waals surface area contributed by atoms with Crippen molar-refractivity contribution in [2.75, 3.05) is 13.1 Å². The maximum atomic E-state index is 12.7. The van der Waals surface area contributed by atoms with E-state index in [0.717, 1.165) is 25.3 Å². The number of hydrogen-bond acceptors (Lipinski definition) is 4. The predicted molar refractivity (Wildman–Crippen MR) is 108 cm³/mol. The van der Waals surface area contributed by atoms with Crippen LogP contribution in [0.2, 0.25) is 0 Å². The average Bonchev–Trinajstić information content (AvgIpc) is 3.10. The van der Waals surface area contributed by atoms with Crippen LogP contribution in [0.4, 0.5) is 0 Å². The molecule has 1 saturated heterocycles. The molecule has 3 aliphatic rings. The minimum atomic E-state index is -0.511. The van der Waals surface area contributed by atoms with Crippen LogP contribution in [0, 0.1) is 34.0 Å². The molecular weight excluding hydrogens is 336 g/mol. The predicted octanol–water partition coefficient (Wildman–Crippen LogP) is 3.78. The molecule has 0 bridgehead atoms. The summed E-state index contributed by atoms with van der Waals surface area (Å²) in [6.45, 7) is 9.62. The molecule has 2 N–H and O–H groups in total. The third-order valence-electron chi connectivity index (χ3n) is 6.71. The Kier molecular flexibility index (Phi) is 5.20. The lowest BCUT2D eigenvalue weighted by Gasteiger charge is -2.53. The van der Waals surface area contributed by atoms with Gasteiger partial charge in [-0.2, -0.15) is 5.26 Å². The highest BCUT2D eigenvalue weighted by atomic mass is 16.1. The number of ketones is 1. The summed E-state index contributed by atoms with van der Waals surface area (Å²) in [4.78, 5) is 19.7. The number of amidine groups is 1. The van der Waals surface area contributed by atoms with Gasteiger partial charge in [0.2, 0.25) is 0 Å². The van der Waals surface area contributed by atoms with E-state index in [4.69, 9.17) is 5.73 Å². The van der Waals surface area contributed by atoms with Gasteiger partial charge in [0, 0.05) is 23.9 Å². The molecule has 0 aromatic heterocycles. The number of nitrogens with zero attached hydrogens (tertiary/aromatic N) is 3. The number of rotatable bonds is 3. The van der Waals surface area contributed by atoms with Gasteiger partial charge in [0.05, 0.1) is 11.4 Å². The number of aliphatic imine (C=N–C) groups is 1. The van der Waals surface area contributed by atoms with Crippen molar-refractivity contribution in [3.63, 3.8) is 0 Å². The summed E-state index contributed by atoms with van der Waals surface area (Å²) in [6, 6.07) is 2.13. The Bertz CT molecular complexity index is 745. The number of fused-ring (bicyclic) bond motifs is 1. The molecule has 1 aliphatic heterocycles. The maximum absolute atomic E-state index is 12.7. The lowest BCUT2D eigenvalue weighted by atomic mass is 9.55. The largest absolute Gasteiger partial charge is 0.387 e. The molecule has 0 aromatic rings. The van der Waals surface area contributed by atoms with Crippen LogP contribution in [-0.2, 0) is 4.79 Å². The maximum Gasteiger partial charge on any atom is 0.178 e. The first-order chi connectivity index (χ1) is 12.7. The fourth-order valence-electron chi connectivity index (χ4n) is 5.45. The van der Waals surface area contributed by atoms with Crippen molar-refractivity contribution in [1.82, 2.24) is 4.90 Å². The number of likely N-dealkylation sites (tertiary alicyclic amines) is 1. The van der Waals surface area contributed by atoms with E-state index in [-0.39, 0.29) is 17.1 Å². The monoisotopic (exact) mass is 368 g/mol. The van der Waals surface area contributed by atoms with Gasteiger partial charge in [-0.3, -0.25) is 4.79 Å². The molecule has 5 nitrogen and oxygen atoms in total. The standard InChI is InChI=1S/C22H32N4O/c1-15(24)25-19(11-16-7-5-6-8-16)26-10-9-18-21(2,3)20(27)17(13-23)12-22(18,4)14-26/h11-12,16,18H,5-10,14H2,1-4H3,(H2,24,25)/b19-11+/t18?,22-/m0/s1. The number of nitriles is 1. The van der Waals surface area contributed by atoms with E-state index in [2.05, 4.69) is 29.0 Å². The Morgan fingerprint density at radius 3 is 2.59 bits per heavy atom. The van der Waals surface area contributed by atoms with Gasteiger partial charge in [0.1, 0.15) is 11.9 Å². The van der Waals surface area contributed by atoms with Crippen molar-refractivity contribution >= 4 is 11.6 Å². The molecule has 0 spiro atoms. The topological polar surface area (TPSA) is 82.5 Å². The number of carbonyl (C=O) groups excluding carboxylic acids is 1. The van der Waals surface area contributed by atoms with E-state index in [1.165, 1.54) is 25.7 Å². The van der Waals surface area contributed by atoms with E-state index in [1.54, 1.807) is 0 Å². The number of piperidine rings is 1. The van der Waals surface area contributed by atoms with Crippen molar-refractivity contribution in [1.29, 1.82) is 5.26 Å². The summed E-state index contributed by atoms with van der Waals surface area (Å²) in [5, 5.41) is 9.48. The van der Waals surface area contributed by atoms with Gasteiger partial charge >= 0.3 is 0 Å². The molecule has 2 fully saturated rings. The van der Waals surface area contributed by atoms with Crippen molar-refractivity contribution in [2.24, 2.45) is 33.4 Å². The number of carbonyl (C=O) groups is 1. The van der Waals surface area contributed by atoms with Gasteiger partial charge in [-0.1, -0.05) is 39.7 Å². The van der Waals surface area contributed by atoms with Gasteiger partial charge in [-0.05, 0) is 44.1 Å². The fourth-order valence-corrected chi connectivity index (χ4v) is 5.45. The molecule has 0 aromatic carbocycles. The highest BCUT2D eigenvalue weighted by molar-refractivity contribution is 6.04. The van der Waals surface area contributed by atoms with Crippen molar-refractivity contribution in [3.8, 4) is 6.07 Å². The summed E-state index contributed by atoms with van der Waals surface area (Å²) in [5.74, 6) is 2.31. The molecular formula is C22H32N4O. The zero-order valence-corrected chi connectivity index (χ0v) is 17.1.